The van der Waals surface area contributed by atoms with Gasteiger partial charge in [0.2, 0.25) is 12.6 Å². The number of Topliss-reactive ketones (excluding diaryl/α,β-unsaturated/α-hetero) is 1. The van der Waals surface area contributed by atoms with Crippen molar-refractivity contribution in [3.8, 4) is 11.5 Å². The molecule has 3 rings (SSSR count). The molecule has 0 saturated carbocycles. The van der Waals surface area contributed by atoms with E-state index in [1.165, 1.54) is 12.1 Å². The highest BCUT2D eigenvalue weighted by Crippen LogP contribution is 2.39. The molecule has 150 valence electrons. The van der Waals surface area contributed by atoms with Gasteiger partial charge in [-0.2, -0.15) is 0 Å². The molecule has 2 aromatic rings. The molecule has 2 heterocycles. The van der Waals surface area contributed by atoms with Crippen LogP contribution in [-0.4, -0.2) is 43.4 Å². The Morgan fingerprint density at radius 2 is 2.00 bits per heavy atom. The smallest absolute Gasteiger partial charge is 0.338 e. The summed E-state index contributed by atoms with van der Waals surface area (Å²) in [5.74, 6) is -0.130. The number of halogens is 1. The van der Waals surface area contributed by atoms with E-state index >= 15 is 0 Å². The van der Waals surface area contributed by atoms with Gasteiger partial charge in [0.25, 0.3) is 0 Å². The average molecular weight is 408 g/mol. The van der Waals surface area contributed by atoms with Gasteiger partial charge in [-0.15, -0.1) is 0 Å². The van der Waals surface area contributed by atoms with E-state index in [9.17, 15) is 9.59 Å². The quantitative estimate of drug-likeness (QED) is 0.378. The van der Waals surface area contributed by atoms with Crippen molar-refractivity contribution in [1.29, 1.82) is 0 Å². The van der Waals surface area contributed by atoms with Crippen LogP contribution >= 0.6 is 11.6 Å². The number of rotatable bonds is 8. The topological polar surface area (TPSA) is 76.0 Å². The van der Waals surface area contributed by atoms with E-state index in [1.54, 1.807) is 7.11 Å². The predicted octanol–water partition coefficient (Wildman–Crippen LogP) is 3.56. The van der Waals surface area contributed by atoms with Gasteiger partial charge in [-0.05, 0) is 38.5 Å². The zero-order chi connectivity index (χ0) is 20.3. The molecule has 8 heteroatoms. The van der Waals surface area contributed by atoms with E-state index in [0.29, 0.717) is 23.7 Å². The Hall–Kier alpha value is -2.51. The summed E-state index contributed by atoms with van der Waals surface area (Å²) in [5, 5.41) is 0.257. The number of carbonyl (C=O) groups excluding carboxylic acids is 2. The van der Waals surface area contributed by atoms with Crippen LogP contribution in [0.4, 0.5) is 0 Å². The number of methoxy groups -OCH3 is 1. The highest BCUT2D eigenvalue weighted by molar-refractivity contribution is 6.32. The number of carbonyl (C=O) groups is 2. The van der Waals surface area contributed by atoms with Crippen molar-refractivity contribution in [2.24, 2.45) is 0 Å². The molecule has 1 aromatic heterocycles. The summed E-state index contributed by atoms with van der Waals surface area (Å²) in [4.78, 5) is 24.9. The fraction of sp³-hybridized carbons (Fsp3) is 0.400. The van der Waals surface area contributed by atoms with E-state index in [1.807, 2.05) is 19.9 Å². The molecule has 0 amide bonds. The number of aryl methyl sites for hydroxylation is 1. The van der Waals surface area contributed by atoms with Crippen LogP contribution in [0, 0.1) is 13.8 Å². The van der Waals surface area contributed by atoms with Gasteiger partial charge in [0.05, 0.1) is 10.6 Å². The maximum atomic E-state index is 12.6. The Balaban J connectivity index is 1.65. The fourth-order valence-electron chi connectivity index (χ4n) is 3.17. The minimum absolute atomic E-state index is 0.0477. The first kappa shape index (κ1) is 20.2. The molecular weight excluding hydrogens is 386 g/mol. The lowest BCUT2D eigenvalue weighted by Gasteiger charge is -2.09. The van der Waals surface area contributed by atoms with E-state index in [4.69, 9.17) is 30.5 Å². The third kappa shape index (κ3) is 4.15. The number of nitrogens with zero attached hydrogens (tertiary/aromatic N) is 1. The Labute approximate surface area is 168 Å². The zero-order valence-electron chi connectivity index (χ0n) is 16.0. The highest BCUT2D eigenvalue weighted by Gasteiger charge is 2.22. The number of ether oxygens (including phenoxy) is 4. The Morgan fingerprint density at radius 3 is 2.75 bits per heavy atom. The summed E-state index contributed by atoms with van der Waals surface area (Å²) in [6.07, 6.45) is 0.848. The van der Waals surface area contributed by atoms with Gasteiger partial charge in [-0.25, -0.2) is 4.79 Å². The van der Waals surface area contributed by atoms with Gasteiger partial charge >= 0.3 is 5.97 Å². The Kier molecular flexibility index (Phi) is 6.26. The maximum absolute atomic E-state index is 12.6. The van der Waals surface area contributed by atoms with E-state index < -0.39 is 5.97 Å². The molecule has 0 radical (unpaired) electrons. The van der Waals surface area contributed by atoms with Gasteiger partial charge in [0.15, 0.2) is 18.1 Å². The van der Waals surface area contributed by atoms with Gasteiger partial charge in [-0.1, -0.05) is 11.6 Å². The molecule has 0 spiro atoms. The van der Waals surface area contributed by atoms with E-state index in [-0.39, 0.29) is 29.8 Å². The molecule has 0 bridgehead atoms. The van der Waals surface area contributed by atoms with Crippen LogP contribution in [0.2, 0.25) is 5.02 Å². The van der Waals surface area contributed by atoms with Crippen LogP contribution in [-0.2, 0) is 16.0 Å². The summed E-state index contributed by atoms with van der Waals surface area (Å²) in [5.41, 5.74) is 2.57. The van der Waals surface area contributed by atoms with Crippen molar-refractivity contribution < 1.29 is 28.5 Å². The molecular formula is C20H22ClNO6. The molecule has 0 atom stereocenters. The van der Waals surface area contributed by atoms with Crippen LogP contribution < -0.4 is 9.47 Å². The number of fused-ring (bicyclic) bond motifs is 1. The van der Waals surface area contributed by atoms with Crippen molar-refractivity contribution in [2.45, 2.75) is 26.8 Å². The number of ketones is 1. The number of esters is 1. The van der Waals surface area contributed by atoms with Crippen molar-refractivity contribution in [2.75, 3.05) is 27.1 Å². The molecule has 0 unspecified atom stereocenters. The Bertz CT molecular complexity index is 905. The molecule has 1 aliphatic heterocycles. The third-order valence-electron chi connectivity index (χ3n) is 4.60. The van der Waals surface area contributed by atoms with Crippen molar-refractivity contribution in [3.05, 3.63) is 45.7 Å². The van der Waals surface area contributed by atoms with Crippen LogP contribution in [0.25, 0.3) is 0 Å². The summed E-state index contributed by atoms with van der Waals surface area (Å²) < 4.78 is 22.8. The van der Waals surface area contributed by atoms with Gasteiger partial charge in [0.1, 0.15) is 0 Å². The third-order valence-corrected chi connectivity index (χ3v) is 4.88. The predicted molar refractivity (Wildman–Crippen MR) is 103 cm³/mol. The molecule has 0 aliphatic carbocycles. The summed E-state index contributed by atoms with van der Waals surface area (Å²) in [6.45, 7) is 4.92. The minimum atomic E-state index is -0.651. The maximum Gasteiger partial charge on any atom is 0.338 e. The van der Waals surface area contributed by atoms with E-state index in [0.717, 1.165) is 24.4 Å². The second-order valence-corrected chi connectivity index (χ2v) is 6.88. The van der Waals surface area contributed by atoms with Crippen molar-refractivity contribution >= 4 is 23.4 Å². The number of hydrogen-bond donors (Lipinski definition) is 0. The standard InChI is InChI=1S/C20H22ClNO6/c1-12-7-15(13(2)22(12)5-4-6-25-3)17(23)10-26-20(24)14-8-16(21)19-18(9-14)27-11-28-19/h7-9H,4-6,10-11H2,1-3H3. The molecule has 0 fully saturated rings. The lowest BCUT2D eigenvalue weighted by Crippen LogP contribution is -2.15. The minimum Gasteiger partial charge on any atom is -0.454 e. The molecule has 1 aliphatic rings. The van der Waals surface area contributed by atoms with Crippen molar-refractivity contribution in [3.63, 3.8) is 0 Å². The second kappa shape index (κ2) is 8.67. The van der Waals surface area contributed by atoms with Crippen molar-refractivity contribution in [1.82, 2.24) is 4.57 Å². The lowest BCUT2D eigenvalue weighted by atomic mass is 10.1. The number of aromatic nitrogens is 1. The number of benzene rings is 1. The zero-order valence-corrected chi connectivity index (χ0v) is 16.8. The summed E-state index contributed by atoms with van der Waals surface area (Å²) >= 11 is 6.08. The largest absolute Gasteiger partial charge is 0.454 e. The summed E-state index contributed by atoms with van der Waals surface area (Å²) in [7, 11) is 1.66. The first-order valence-electron chi connectivity index (χ1n) is 8.87. The first-order chi connectivity index (χ1) is 13.4. The van der Waals surface area contributed by atoms with Gasteiger partial charge in [0, 0.05) is 37.2 Å². The van der Waals surface area contributed by atoms with Crippen LogP contribution in [0.15, 0.2) is 18.2 Å². The van der Waals surface area contributed by atoms with Gasteiger partial charge < -0.3 is 23.5 Å². The normalized spacial score (nSPS) is 12.3. The SMILES string of the molecule is COCCCn1c(C)cc(C(=O)COC(=O)c2cc(Cl)c3c(c2)OCO3)c1C. The number of hydrogen-bond acceptors (Lipinski definition) is 6. The average Bonchev–Trinajstić information content (AvgIpc) is 3.25. The van der Waals surface area contributed by atoms with Crippen LogP contribution in [0.5, 0.6) is 11.5 Å². The van der Waals surface area contributed by atoms with Crippen LogP contribution in [0.3, 0.4) is 0 Å². The fourth-order valence-corrected chi connectivity index (χ4v) is 3.44. The molecule has 7 nitrogen and oxygen atoms in total. The van der Waals surface area contributed by atoms with Crippen LogP contribution in [0.1, 0.15) is 38.5 Å². The first-order valence-corrected chi connectivity index (χ1v) is 9.25. The highest BCUT2D eigenvalue weighted by atomic mass is 35.5. The van der Waals surface area contributed by atoms with Gasteiger partial charge in [-0.3, -0.25) is 4.79 Å². The Morgan fingerprint density at radius 1 is 1.21 bits per heavy atom. The molecule has 0 N–H and O–H groups in total. The second-order valence-electron chi connectivity index (χ2n) is 6.47. The molecule has 1 aromatic carbocycles. The molecule has 28 heavy (non-hydrogen) atoms. The summed E-state index contributed by atoms with van der Waals surface area (Å²) in [6, 6.07) is 4.74. The van der Waals surface area contributed by atoms with E-state index in [2.05, 4.69) is 4.57 Å². The molecule has 0 saturated heterocycles. The monoisotopic (exact) mass is 407 g/mol. The lowest BCUT2D eigenvalue weighted by molar-refractivity contribution is 0.0474.